The molecule has 0 unspecified atom stereocenters. The third kappa shape index (κ3) is 5.21. The average molecular weight is 496 g/mol. The van der Waals surface area contributed by atoms with Crippen molar-refractivity contribution in [3.05, 3.63) is 54.1 Å². The van der Waals surface area contributed by atoms with Gasteiger partial charge in [0.15, 0.2) is 23.1 Å². The van der Waals surface area contributed by atoms with Crippen molar-refractivity contribution in [2.45, 2.75) is 25.8 Å². The first-order valence-corrected chi connectivity index (χ1v) is 11.6. The normalized spacial score (nSPS) is 16.8. The summed E-state index contributed by atoms with van der Waals surface area (Å²) < 4.78 is 32.8. The number of hydrogen-bond donors (Lipinski definition) is 2. The Kier molecular flexibility index (Phi) is 7.59. The maximum Gasteiger partial charge on any atom is 0.290 e. The van der Waals surface area contributed by atoms with Crippen LogP contribution in [-0.2, 0) is 4.79 Å². The third-order valence-corrected chi connectivity index (χ3v) is 6.46. The molecule has 0 aliphatic heterocycles. The maximum absolute atomic E-state index is 15.1. The topological polar surface area (TPSA) is 96.9 Å². The SMILES string of the molecule is COc1cc2c(Oc3ccc4[nH]c(C)cc4c3F)ccnc2cc1OC[C@H]1C[C@H](N(C)C)C1.O=CO. The fourth-order valence-corrected chi connectivity index (χ4v) is 4.44. The molecule has 0 spiro atoms. The van der Waals surface area contributed by atoms with Gasteiger partial charge in [-0.15, -0.1) is 0 Å². The number of aromatic amines is 1. The monoisotopic (exact) mass is 495 g/mol. The first-order valence-electron chi connectivity index (χ1n) is 11.6. The number of aryl methyl sites for hydroxylation is 1. The molecule has 1 aliphatic rings. The molecular weight excluding hydrogens is 465 g/mol. The van der Waals surface area contributed by atoms with Gasteiger partial charge in [-0.05, 0) is 70.1 Å². The van der Waals surface area contributed by atoms with Crippen LogP contribution in [0.3, 0.4) is 0 Å². The van der Waals surface area contributed by atoms with Crippen LogP contribution in [0.4, 0.5) is 4.39 Å². The lowest BCUT2D eigenvalue weighted by Gasteiger charge is -2.39. The van der Waals surface area contributed by atoms with Gasteiger partial charge in [0.2, 0.25) is 0 Å². The molecule has 0 radical (unpaired) electrons. The summed E-state index contributed by atoms with van der Waals surface area (Å²) in [6.07, 6.45) is 3.92. The molecule has 0 atom stereocenters. The first-order chi connectivity index (χ1) is 17.3. The largest absolute Gasteiger partial charge is 0.493 e. The summed E-state index contributed by atoms with van der Waals surface area (Å²) in [7, 11) is 5.84. The van der Waals surface area contributed by atoms with E-state index in [0.29, 0.717) is 46.7 Å². The molecule has 1 saturated carbocycles. The number of carboxylic acid groups (broad SMARTS) is 1. The number of hydrogen-bond acceptors (Lipinski definition) is 6. The van der Waals surface area contributed by atoms with Gasteiger partial charge in [-0.25, -0.2) is 4.39 Å². The fourth-order valence-electron chi connectivity index (χ4n) is 4.44. The molecule has 9 heteroatoms. The van der Waals surface area contributed by atoms with Gasteiger partial charge in [0.1, 0.15) is 5.75 Å². The van der Waals surface area contributed by atoms with Crippen LogP contribution < -0.4 is 14.2 Å². The molecule has 8 nitrogen and oxygen atoms in total. The van der Waals surface area contributed by atoms with Crippen molar-refractivity contribution in [1.29, 1.82) is 0 Å². The van der Waals surface area contributed by atoms with Crippen LogP contribution in [0.1, 0.15) is 18.5 Å². The zero-order valence-electron chi connectivity index (χ0n) is 20.7. The Morgan fingerprint density at radius 1 is 1.11 bits per heavy atom. The minimum Gasteiger partial charge on any atom is -0.493 e. The Bertz CT molecular complexity index is 1360. The van der Waals surface area contributed by atoms with Crippen LogP contribution in [0, 0.1) is 18.7 Å². The molecule has 1 aliphatic carbocycles. The highest BCUT2D eigenvalue weighted by atomic mass is 19.1. The number of nitrogens with one attached hydrogen (secondary N) is 1. The first kappa shape index (κ1) is 25.2. The number of nitrogens with zero attached hydrogens (tertiary/aromatic N) is 2. The highest BCUT2D eigenvalue weighted by molar-refractivity contribution is 5.89. The summed E-state index contributed by atoms with van der Waals surface area (Å²) in [5.74, 6) is 2.05. The summed E-state index contributed by atoms with van der Waals surface area (Å²) >= 11 is 0. The van der Waals surface area contributed by atoms with Gasteiger partial charge in [-0.3, -0.25) is 9.78 Å². The zero-order chi connectivity index (χ0) is 25.8. The lowest BCUT2D eigenvalue weighted by Crippen LogP contribution is -2.42. The lowest BCUT2D eigenvalue weighted by atomic mass is 9.80. The number of benzene rings is 2. The Hall–Kier alpha value is -3.85. The summed E-state index contributed by atoms with van der Waals surface area (Å²) in [4.78, 5) is 18.2. The van der Waals surface area contributed by atoms with Crippen molar-refractivity contribution in [2.24, 2.45) is 5.92 Å². The van der Waals surface area contributed by atoms with E-state index in [1.807, 2.05) is 25.1 Å². The van der Waals surface area contributed by atoms with Crippen LogP contribution >= 0.6 is 0 Å². The highest BCUT2D eigenvalue weighted by Crippen LogP contribution is 2.39. The number of fused-ring (bicyclic) bond motifs is 2. The third-order valence-electron chi connectivity index (χ3n) is 6.46. The number of methoxy groups -OCH3 is 1. The number of H-pyrrole nitrogens is 1. The second-order valence-electron chi connectivity index (χ2n) is 9.09. The highest BCUT2D eigenvalue weighted by Gasteiger charge is 2.31. The molecule has 36 heavy (non-hydrogen) atoms. The standard InChI is InChI=1S/C26H28FN3O3.CH2O2/c1-15-9-19-20(29-15)5-6-23(26(19)27)33-22-7-8-28-21-13-25(24(31-4)12-18(21)22)32-14-16-10-17(11-16)30(2)3;2-1-3/h5-9,12-13,16-17,29H,10-11,14H2,1-4H3;1H,(H,2,3)/t16-,17-;. The van der Waals surface area contributed by atoms with Gasteiger partial charge in [0.05, 0.1) is 19.2 Å². The number of ether oxygens (including phenoxy) is 3. The number of rotatable bonds is 7. The van der Waals surface area contributed by atoms with Crippen LogP contribution in [0.15, 0.2) is 42.6 Å². The molecule has 190 valence electrons. The molecule has 4 aromatic rings. The Morgan fingerprint density at radius 3 is 2.56 bits per heavy atom. The molecular formula is C27H30FN3O5. The van der Waals surface area contributed by atoms with Gasteiger partial charge in [-0.2, -0.15) is 0 Å². The van der Waals surface area contributed by atoms with Crippen LogP contribution in [0.25, 0.3) is 21.8 Å². The van der Waals surface area contributed by atoms with Gasteiger partial charge < -0.3 is 29.2 Å². The number of pyridine rings is 1. The van der Waals surface area contributed by atoms with Gasteiger partial charge in [-0.1, -0.05) is 0 Å². The number of halogens is 1. The average Bonchev–Trinajstić information content (AvgIpc) is 3.21. The predicted octanol–water partition coefficient (Wildman–Crippen LogP) is 5.38. The van der Waals surface area contributed by atoms with E-state index in [0.717, 1.165) is 29.4 Å². The van der Waals surface area contributed by atoms with Gasteiger partial charge in [0.25, 0.3) is 6.47 Å². The van der Waals surface area contributed by atoms with Crippen molar-refractivity contribution < 1.29 is 28.5 Å². The Labute approximate surface area is 208 Å². The minimum absolute atomic E-state index is 0.161. The zero-order valence-corrected chi connectivity index (χ0v) is 20.7. The Balaban J connectivity index is 0.000000967. The Morgan fingerprint density at radius 2 is 1.86 bits per heavy atom. The van der Waals surface area contributed by atoms with E-state index in [9.17, 15) is 0 Å². The summed E-state index contributed by atoms with van der Waals surface area (Å²) in [6, 6.07) is 11.3. The van der Waals surface area contributed by atoms with Gasteiger partial charge >= 0.3 is 0 Å². The van der Waals surface area contributed by atoms with E-state index in [2.05, 4.69) is 29.0 Å². The molecule has 0 bridgehead atoms. The molecule has 5 rings (SSSR count). The molecule has 2 N–H and O–H groups in total. The van der Waals surface area contributed by atoms with Crippen LogP contribution in [-0.4, -0.2) is 60.3 Å². The second kappa shape index (κ2) is 10.8. The van der Waals surface area contributed by atoms with E-state index in [1.165, 1.54) is 0 Å². The predicted molar refractivity (Wildman–Crippen MR) is 136 cm³/mol. The quantitative estimate of drug-likeness (QED) is 0.332. The van der Waals surface area contributed by atoms with Crippen molar-refractivity contribution in [2.75, 3.05) is 27.8 Å². The lowest BCUT2D eigenvalue weighted by molar-refractivity contribution is -0.122. The summed E-state index contributed by atoms with van der Waals surface area (Å²) in [6.45, 7) is 2.29. The van der Waals surface area contributed by atoms with Crippen LogP contribution in [0.2, 0.25) is 0 Å². The molecule has 0 saturated heterocycles. The maximum atomic E-state index is 15.1. The van der Waals surface area contributed by atoms with Crippen molar-refractivity contribution in [3.8, 4) is 23.0 Å². The smallest absolute Gasteiger partial charge is 0.290 e. The van der Waals surface area contributed by atoms with E-state index in [1.54, 1.807) is 31.5 Å². The molecule has 2 aromatic heterocycles. The van der Waals surface area contributed by atoms with Gasteiger partial charge in [0, 0.05) is 40.3 Å². The minimum atomic E-state index is -0.398. The number of carbonyl (C=O) groups is 1. The summed E-state index contributed by atoms with van der Waals surface area (Å²) in [5, 5.41) is 8.12. The van der Waals surface area contributed by atoms with E-state index in [4.69, 9.17) is 24.1 Å². The van der Waals surface area contributed by atoms with E-state index in [-0.39, 0.29) is 12.2 Å². The molecule has 2 aromatic carbocycles. The van der Waals surface area contributed by atoms with Crippen molar-refractivity contribution >= 4 is 28.3 Å². The molecule has 2 heterocycles. The van der Waals surface area contributed by atoms with E-state index >= 15 is 4.39 Å². The molecule has 0 amide bonds. The number of aromatic nitrogens is 2. The fraction of sp³-hybridized carbons (Fsp3) is 0.333. The van der Waals surface area contributed by atoms with Crippen LogP contribution in [0.5, 0.6) is 23.0 Å². The molecule has 1 fully saturated rings. The van der Waals surface area contributed by atoms with Crippen molar-refractivity contribution in [1.82, 2.24) is 14.9 Å². The van der Waals surface area contributed by atoms with E-state index < -0.39 is 5.82 Å². The van der Waals surface area contributed by atoms with Crippen molar-refractivity contribution in [3.63, 3.8) is 0 Å². The summed E-state index contributed by atoms with van der Waals surface area (Å²) in [5.41, 5.74) is 2.33. The second-order valence-corrected chi connectivity index (χ2v) is 9.09.